The van der Waals surface area contributed by atoms with Crippen molar-refractivity contribution in [2.24, 2.45) is 0 Å². The fraction of sp³-hybridized carbons (Fsp3) is 0.583. The maximum absolute atomic E-state index is 12.1. The molecule has 21 heavy (non-hydrogen) atoms. The van der Waals surface area contributed by atoms with Crippen LogP contribution in [0.3, 0.4) is 0 Å². The molecule has 0 saturated heterocycles. The number of ether oxygens (including phenoxy) is 1. The molecule has 0 aromatic carbocycles. The number of rotatable bonds is 7. The van der Waals surface area contributed by atoms with Crippen LogP contribution in [-0.2, 0) is 11.3 Å². The third-order valence-electron chi connectivity index (χ3n) is 3.04. The largest absolute Gasteiger partial charge is 0.382 e. The molecule has 1 atom stereocenters. The van der Waals surface area contributed by atoms with Crippen molar-refractivity contribution in [3.8, 4) is 0 Å². The number of hydrogen-bond acceptors (Lipinski definition) is 6. The first-order valence-electron chi connectivity index (χ1n) is 6.65. The SMILES string of the molecule is COCC(C)n1cc(C(=O)NCCn2cnnn2)c(C)n1. The summed E-state index contributed by atoms with van der Waals surface area (Å²) < 4.78 is 8.39. The van der Waals surface area contributed by atoms with Crippen LogP contribution in [0.15, 0.2) is 12.5 Å². The second kappa shape index (κ2) is 6.93. The molecule has 0 aliphatic rings. The molecule has 0 radical (unpaired) electrons. The predicted molar refractivity (Wildman–Crippen MR) is 73.7 cm³/mol. The Morgan fingerprint density at radius 3 is 3.00 bits per heavy atom. The number of aromatic nitrogens is 6. The standard InChI is InChI=1S/C12H19N7O2/c1-9(7-21-3)19-6-11(10(2)15-19)12(20)13-4-5-18-8-14-16-17-18/h6,8-9H,4-5,7H2,1-3H3,(H,13,20). The first-order chi connectivity index (χ1) is 10.1. The summed E-state index contributed by atoms with van der Waals surface area (Å²) in [6, 6.07) is 0.0801. The maximum Gasteiger partial charge on any atom is 0.254 e. The normalized spacial score (nSPS) is 12.3. The highest BCUT2D eigenvalue weighted by Gasteiger charge is 2.15. The summed E-state index contributed by atoms with van der Waals surface area (Å²) in [4.78, 5) is 12.1. The Labute approximate surface area is 122 Å². The van der Waals surface area contributed by atoms with Gasteiger partial charge in [-0.25, -0.2) is 4.68 Å². The van der Waals surface area contributed by atoms with E-state index in [-0.39, 0.29) is 11.9 Å². The first-order valence-corrected chi connectivity index (χ1v) is 6.65. The third-order valence-corrected chi connectivity index (χ3v) is 3.04. The molecule has 9 nitrogen and oxygen atoms in total. The van der Waals surface area contributed by atoms with E-state index in [1.165, 1.54) is 6.33 Å². The first kappa shape index (κ1) is 15.1. The van der Waals surface area contributed by atoms with Crippen LogP contribution in [0.1, 0.15) is 29.0 Å². The van der Waals surface area contributed by atoms with Gasteiger partial charge in [0.1, 0.15) is 6.33 Å². The maximum atomic E-state index is 12.1. The summed E-state index contributed by atoms with van der Waals surface area (Å²) in [7, 11) is 1.64. The minimum Gasteiger partial charge on any atom is -0.382 e. The zero-order valence-corrected chi connectivity index (χ0v) is 12.4. The summed E-state index contributed by atoms with van der Waals surface area (Å²) in [6.45, 7) is 5.30. The third kappa shape index (κ3) is 3.85. The highest BCUT2D eigenvalue weighted by atomic mass is 16.5. The number of carbonyl (C=O) groups excluding carboxylic acids is 1. The van der Waals surface area contributed by atoms with Crippen molar-refractivity contribution in [1.29, 1.82) is 0 Å². The van der Waals surface area contributed by atoms with Crippen molar-refractivity contribution in [1.82, 2.24) is 35.3 Å². The smallest absolute Gasteiger partial charge is 0.254 e. The molecule has 0 bridgehead atoms. The van der Waals surface area contributed by atoms with E-state index in [2.05, 4.69) is 25.9 Å². The number of carbonyl (C=O) groups is 1. The van der Waals surface area contributed by atoms with Crippen LogP contribution in [0.5, 0.6) is 0 Å². The van der Waals surface area contributed by atoms with Crippen LogP contribution >= 0.6 is 0 Å². The summed E-state index contributed by atoms with van der Waals surface area (Å²) in [5, 5.41) is 17.9. The van der Waals surface area contributed by atoms with Crippen LogP contribution in [0.4, 0.5) is 0 Å². The number of amides is 1. The molecule has 0 fully saturated rings. The van der Waals surface area contributed by atoms with Gasteiger partial charge >= 0.3 is 0 Å². The molecule has 2 aromatic rings. The van der Waals surface area contributed by atoms with Crippen molar-refractivity contribution >= 4 is 5.91 Å². The minimum atomic E-state index is -0.156. The van der Waals surface area contributed by atoms with Crippen molar-refractivity contribution < 1.29 is 9.53 Å². The van der Waals surface area contributed by atoms with Crippen molar-refractivity contribution in [3.05, 3.63) is 23.8 Å². The van der Waals surface area contributed by atoms with E-state index in [0.29, 0.717) is 31.0 Å². The van der Waals surface area contributed by atoms with E-state index in [0.717, 1.165) is 0 Å². The Hall–Kier alpha value is -2.29. The van der Waals surface area contributed by atoms with Gasteiger partial charge in [-0.1, -0.05) is 0 Å². The summed E-state index contributed by atoms with van der Waals surface area (Å²) in [5.74, 6) is -0.156. The van der Waals surface area contributed by atoms with Crippen LogP contribution in [0.25, 0.3) is 0 Å². The van der Waals surface area contributed by atoms with E-state index >= 15 is 0 Å². The van der Waals surface area contributed by atoms with Crippen LogP contribution in [0.2, 0.25) is 0 Å². The monoisotopic (exact) mass is 293 g/mol. The van der Waals surface area contributed by atoms with Crippen LogP contribution in [-0.4, -0.2) is 56.2 Å². The van der Waals surface area contributed by atoms with Gasteiger partial charge in [-0.3, -0.25) is 9.48 Å². The van der Waals surface area contributed by atoms with E-state index in [1.807, 2.05) is 13.8 Å². The molecule has 2 rings (SSSR count). The van der Waals surface area contributed by atoms with Gasteiger partial charge in [0.05, 0.1) is 30.5 Å². The average Bonchev–Trinajstić information content (AvgIpc) is 3.08. The molecule has 114 valence electrons. The fourth-order valence-corrected chi connectivity index (χ4v) is 1.91. The summed E-state index contributed by atoms with van der Waals surface area (Å²) in [5.41, 5.74) is 1.26. The number of hydrogen-bond donors (Lipinski definition) is 1. The lowest BCUT2D eigenvalue weighted by atomic mass is 10.2. The minimum absolute atomic E-state index is 0.0801. The molecule has 2 aromatic heterocycles. The molecule has 1 N–H and O–H groups in total. The molecule has 0 aliphatic carbocycles. The van der Waals surface area contributed by atoms with E-state index in [1.54, 1.807) is 22.7 Å². The Morgan fingerprint density at radius 2 is 2.33 bits per heavy atom. The lowest BCUT2D eigenvalue weighted by Crippen LogP contribution is -2.27. The van der Waals surface area contributed by atoms with E-state index in [4.69, 9.17) is 4.74 Å². The van der Waals surface area contributed by atoms with Gasteiger partial charge in [-0.05, 0) is 24.3 Å². The van der Waals surface area contributed by atoms with Crippen molar-refractivity contribution in [2.45, 2.75) is 26.4 Å². The number of nitrogens with zero attached hydrogens (tertiary/aromatic N) is 6. The van der Waals surface area contributed by atoms with Gasteiger partial charge in [0, 0.05) is 19.9 Å². The molecule has 0 aliphatic heterocycles. The van der Waals surface area contributed by atoms with Crippen molar-refractivity contribution in [3.63, 3.8) is 0 Å². The van der Waals surface area contributed by atoms with Gasteiger partial charge in [0.15, 0.2) is 0 Å². The summed E-state index contributed by atoms with van der Waals surface area (Å²) in [6.07, 6.45) is 3.24. The van der Waals surface area contributed by atoms with E-state index < -0.39 is 0 Å². The highest BCUT2D eigenvalue weighted by molar-refractivity contribution is 5.94. The lowest BCUT2D eigenvalue weighted by Gasteiger charge is -2.09. The molecule has 2 heterocycles. The number of nitrogens with one attached hydrogen (secondary N) is 1. The highest BCUT2D eigenvalue weighted by Crippen LogP contribution is 2.11. The molecule has 9 heteroatoms. The Balaban J connectivity index is 1.92. The topological polar surface area (TPSA) is 99.8 Å². The van der Waals surface area contributed by atoms with Gasteiger partial charge in [-0.15, -0.1) is 5.10 Å². The van der Waals surface area contributed by atoms with Gasteiger partial charge in [-0.2, -0.15) is 5.10 Å². The average molecular weight is 293 g/mol. The quantitative estimate of drug-likeness (QED) is 0.760. The molecular weight excluding hydrogens is 274 g/mol. The van der Waals surface area contributed by atoms with Gasteiger partial charge in [0.2, 0.25) is 0 Å². The fourth-order valence-electron chi connectivity index (χ4n) is 1.91. The Morgan fingerprint density at radius 1 is 1.52 bits per heavy atom. The molecule has 0 spiro atoms. The Bertz CT molecular complexity index is 578. The molecule has 1 amide bonds. The van der Waals surface area contributed by atoms with Crippen molar-refractivity contribution in [2.75, 3.05) is 20.3 Å². The van der Waals surface area contributed by atoms with Crippen LogP contribution < -0.4 is 5.32 Å². The predicted octanol–water partition coefficient (Wildman–Crippen LogP) is -0.185. The van der Waals surface area contributed by atoms with E-state index in [9.17, 15) is 4.79 Å². The Kier molecular flexibility index (Phi) is 4.99. The number of aryl methyl sites for hydroxylation is 1. The molecule has 0 saturated carbocycles. The number of tetrazole rings is 1. The molecule has 1 unspecified atom stereocenters. The van der Waals surface area contributed by atoms with Crippen LogP contribution in [0, 0.1) is 6.92 Å². The zero-order chi connectivity index (χ0) is 15.2. The summed E-state index contributed by atoms with van der Waals surface area (Å²) >= 11 is 0. The number of methoxy groups -OCH3 is 1. The zero-order valence-electron chi connectivity index (χ0n) is 12.4. The van der Waals surface area contributed by atoms with Gasteiger partial charge in [0.25, 0.3) is 5.91 Å². The second-order valence-corrected chi connectivity index (χ2v) is 4.74. The lowest BCUT2D eigenvalue weighted by molar-refractivity contribution is 0.0951. The van der Waals surface area contributed by atoms with Gasteiger partial charge < -0.3 is 10.1 Å². The second-order valence-electron chi connectivity index (χ2n) is 4.74. The molecular formula is C12H19N7O2.